The van der Waals surface area contributed by atoms with Gasteiger partial charge in [0.25, 0.3) is 0 Å². The predicted molar refractivity (Wildman–Crippen MR) is 79.8 cm³/mol. The number of imidazole rings is 1. The fraction of sp³-hybridized carbons (Fsp3) is 0.500. The number of hydrogen-bond acceptors (Lipinski definition) is 4. The number of carbonyl (C=O) groups excluding carboxylic acids is 2. The summed E-state index contributed by atoms with van der Waals surface area (Å²) >= 11 is 1.55. The van der Waals surface area contributed by atoms with Crippen molar-refractivity contribution in [2.45, 2.75) is 39.4 Å². The zero-order valence-corrected chi connectivity index (χ0v) is 13.1. The molecule has 3 heterocycles. The van der Waals surface area contributed by atoms with Crippen molar-refractivity contribution in [2.24, 2.45) is 5.92 Å². The highest BCUT2D eigenvalue weighted by atomic mass is 32.1. The van der Waals surface area contributed by atoms with E-state index < -0.39 is 12.1 Å². The molecule has 1 fully saturated rings. The van der Waals surface area contributed by atoms with Crippen LogP contribution in [0.3, 0.4) is 0 Å². The number of nitrogens with zero attached hydrogens (tertiary/aromatic N) is 3. The van der Waals surface area contributed by atoms with Gasteiger partial charge in [0.15, 0.2) is 4.96 Å². The van der Waals surface area contributed by atoms with E-state index in [4.69, 9.17) is 0 Å². The molecule has 3 rings (SSSR count). The molecule has 1 N–H and O–H groups in total. The Balaban J connectivity index is 1.90. The summed E-state index contributed by atoms with van der Waals surface area (Å²) in [6, 6.07) is -0.912. The van der Waals surface area contributed by atoms with E-state index in [1.807, 2.05) is 36.0 Å². The maximum absolute atomic E-state index is 12.4. The summed E-state index contributed by atoms with van der Waals surface area (Å²) in [4.78, 5) is 31.7. The highest BCUT2D eigenvalue weighted by molar-refractivity contribution is 7.15. The summed E-state index contributed by atoms with van der Waals surface area (Å²) in [6.45, 7) is 5.99. The zero-order valence-electron chi connectivity index (χ0n) is 12.2. The van der Waals surface area contributed by atoms with Gasteiger partial charge in [-0.2, -0.15) is 0 Å². The van der Waals surface area contributed by atoms with Gasteiger partial charge < -0.3 is 10.2 Å². The molecule has 1 aliphatic heterocycles. The lowest BCUT2D eigenvalue weighted by molar-refractivity contribution is -0.151. The molecule has 1 aliphatic rings. The number of carbonyl (C=O) groups is 2. The highest BCUT2D eigenvalue weighted by Crippen LogP contribution is 2.21. The first kappa shape index (κ1) is 14.1. The van der Waals surface area contributed by atoms with Crippen LogP contribution >= 0.6 is 11.3 Å². The first-order chi connectivity index (χ1) is 9.97. The van der Waals surface area contributed by atoms with E-state index in [2.05, 4.69) is 10.3 Å². The minimum absolute atomic E-state index is 0.0512. The van der Waals surface area contributed by atoms with E-state index >= 15 is 0 Å². The summed E-state index contributed by atoms with van der Waals surface area (Å²) < 4.78 is 1.93. The van der Waals surface area contributed by atoms with Gasteiger partial charge in [-0.15, -0.1) is 11.3 Å². The third-order valence-corrected chi connectivity index (χ3v) is 4.49. The van der Waals surface area contributed by atoms with Gasteiger partial charge in [0.1, 0.15) is 12.1 Å². The monoisotopic (exact) mass is 306 g/mol. The number of fused-ring (bicyclic) bond motifs is 1. The molecule has 2 amide bonds. The van der Waals surface area contributed by atoms with Crippen molar-refractivity contribution in [3.8, 4) is 0 Å². The van der Waals surface area contributed by atoms with Gasteiger partial charge in [-0.05, 0) is 12.8 Å². The molecular formula is C14H18N4O2S. The average Bonchev–Trinajstić information content (AvgIpc) is 2.95. The van der Waals surface area contributed by atoms with Crippen LogP contribution in [0.5, 0.6) is 0 Å². The largest absolute Gasteiger partial charge is 0.343 e. The number of rotatable bonds is 3. The molecule has 2 aromatic rings. The maximum atomic E-state index is 12.4. The SMILES string of the molecule is CC1NC(=O)C(C(C)C)N(Cc2cn3ccsc3n2)C1=O. The van der Waals surface area contributed by atoms with Gasteiger partial charge in [0, 0.05) is 17.8 Å². The third kappa shape index (κ3) is 2.42. The molecule has 2 atom stereocenters. The van der Waals surface area contributed by atoms with E-state index in [9.17, 15) is 9.59 Å². The number of amides is 2. The Kier molecular flexibility index (Phi) is 3.44. The number of hydrogen-bond donors (Lipinski definition) is 1. The molecule has 21 heavy (non-hydrogen) atoms. The van der Waals surface area contributed by atoms with Crippen LogP contribution in [-0.4, -0.2) is 38.2 Å². The van der Waals surface area contributed by atoms with Crippen molar-refractivity contribution in [1.29, 1.82) is 0 Å². The van der Waals surface area contributed by atoms with Gasteiger partial charge >= 0.3 is 0 Å². The number of nitrogens with one attached hydrogen (secondary N) is 1. The Morgan fingerprint density at radius 2 is 2.19 bits per heavy atom. The lowest BCUT2D eigenvalue weighted by Gasteiger charge is -2.39. The predicted octanol–water partition coefficient (Wildman–Crippen LogP) is 1.27. The Hall–Kier alpha value is -1.89. The van der Waals surface area contributed by atoms with Crippen LogP contribution in [0.1, 0.15) is 26.5 Å². The zero-order chi connectivity index (χ0) is 15.1. The van der Waals surface area contributed by atoms with Gasteiger partial charge in [-0.25, -0.2) is 4.98 Å². The second kappa shape index (κ2) is 5.14. The molecule has 2 aromatic heterocycles. The van der Waals surface area contributed by atoms with Crippen molar-refractivity contribution in [3.63, 3.8) is 0 Å². The minimum atomic E-state index is -0.476. The van der Waals surface area contributed by atoms with Crippen molar-refractivity contribution < 1.29 is 9.59 Å². The summed E-state index contributed by atoms with van der Waals surface area (Å²) in [7, 11) is 0. The highest BCUT2D eigenvalue weighted by Gasteiger charge is 2.40. The summed E-state index contributed by atoms with van der Waals surface area (Å²) in [5.74, 6) is -0.0760. The van der Waals surface area contributed by atoms with Crippen LogP contribution in [0.4, 0.5) is 0 Å². The lowest BCUT2D eigenvalue weighted by Crippen LogP contribution is -2.63. The maximum Gasteiger partial charge on any atom is 0.245 e. The van der Waals surface area contributed by atoms with E-state index in [1.54, 1.807) is 23.2 Å². The molecule has 6 nitrogen and oxygen atoms in total. The van der Waals surface area contributed by atoms with E-state index in [0.29, 0.717) is 6.54 Å². The van der Waals surface area contributed by atoms with Gasteiger partial charge in [-0.3, -0.25) is 14.0 Å². The normalized spacial score (nSPS) is 23.1. The second-order valence-corrected chi connectivity index (χ2v) is 6.58. The van der Waals surface area contributed by atoms with Crippen molar-refractivity contribution in [1.82, 2.24) is 19.6 Å². The first-order valence-electron chi connectivity index (χ1n) is 6.99. The Morgan fingerprint density at radius 3 is 2.86 bits per heavy atom. The average molecular weight is 306 g/mol. The molecule has 0 radical (unpaired) electrons. The molecule has 112 valence electrons. The second-order valence-electron chi connectivity index (χ2n) is 5.71. The smallest absolute Gasteiger partial charge is 0.245 e. The van der Waals surface area contributed by atoms with Crippen molar-refractivity contribution in [3.05, 3.63) is 23.5 Å². The van der Waals surface area contributed by atoms with E-state index in [0.717, 1.165) is 10.7 Å². The first-order valence-corrected chi connectivity index (χ1v) is 7.87. The Labute approximate surface area is 126 Å². The van der Waals surface area contributed by atoms with Gasteiger partial charge in [0.2, 0.25) is 11.8 Å². The van der Waals surface area contributed by atoms with Gasteiger partial charge in [-0.1, -0.05) is 13.8 Å². The lowest BCUT2D eigenvalue weighted by atomic mass is 9.97. The standard InChI is InChI=1S/C14H18N4O2S/c1-8(2)11-12(19)15-9(3)13(20)18(11)7-10-6-17-4-5-21-14(17)16-10/h4-6,8-9,11H,7H2,1-3H3,(H,15,19). The topological polar surface area (TPSA) is 66.7 Å². The molecule has 0 saturated carbocycles. The molecule has 0 spiro atoms. The minimum Gasteiger partial charge on any atom is -0.343 e. The van der Waals surface area contributed by atoms with Crippen molar-refractivity contribution in [2.75, 3.05) is 0 Å². The summed E-state index contributed by atoms with van der Waals surface area (Å²) in [5.41, 5.74) is 0.808. The quantitative estimate of drug-likeness (QED) is 0.928. The van der Waals surface area contributed by atoms with Crippen LogP contribution in [0.15, 0.2) is 17.8 Å². The molecule has 0 aromatic carbocycles. The molecule has 2 unspecified atom stereocenters. The number of piperazine rings is 1. The van der Waals surface area contributed by atoms with Crippen LogP contribution in [-0.2, 0) is 16.1 Å². The van der Waals surface area contributed by atoms with E-state index in [1.165, 1.54) is 0 Å². The fourth-order valence-corrected chi connectivity index (χ4v) is 3.47. The Bertz CT molecular complexity index is 662. The number of thiazole rings is 1. The van der Waals surface area contributed by atoms with Crippen LogP contribution < -0.4 is 5.32 Å². The van der Waals surface area contributed by atoms with Crippen LogP contribution in [0.2, 0.25) is 0 Å². The Morgan fingerprint density at radius 1 is 1.43 bits per heavy atom. The molecular weight excluding hydrogens is 288 g/mol. The molecule has 0 aliphatic carbocycles. The molecule has 1 saturated heterocycles. The fourth-order valence-electron chi connectivity index (χ4n) is 2.75. The molecule has 0 bridgehead atoms. The van der Waals surface area contributed by atoms with Gasteiger partial charge in [0.05, 0.1) is 12.2 Å². The summed E-state index contributed by atoms with van der Waals surface area (Å²) in [6.07, 6.45) is 3.84. The van der Waals surface area contributed by atoms with Crippen LogP contribution in [0.25, 0.3) is 4.96 Å². The summed E-state index contributed by atoms with van der Waals surface area (Å²) in [5, 5.41) is 4.71. The molecule has 7 heteroatoms. The van der Waals surface area contributed by atoms with E-state index in [-0.39, 0.29) is 17.7 Å². The van der Waals surface area contributed by atoms with Crippen molar-refractivity contribution >= 4 is 28.1 Å². The third-order valence-electron chi connectivity index (χ3n) is 3.72. The number of aromatic nitrogens is 2. The van der Waals surface area contributed by atoms with Crippen LogP contribution in [0, 0.1) is 5.92 Å².